The van der Waals surface area contributed by atoms with E-state index in [-0.39, 0.29) is 49.3 Å². The van der Waals surface area contributed by atoms with Crippen LogP contribution < -0.4 is 4.90 Å². The first-order chi connectivity index (χ1) is 16.1. The predicted molar refractivity (Wildman–Crippen MR) is 121 cm³/mol. The molecular formula is C23H27F3N4O3S. The lowest BCUT2D eigenvalue weighted by molar-refractivity contribution is -0.137. The number of rotatable bonds is 4. The van der Waals surface area contributed by atoms with Crippen molar-refractivity contribution in [3.8, 4) is 0 Å². The molecule has 7 nitrogen and oxygen atoms in total. The fourth-order valence-electron chi connectivity index (χ4n) is 4.51. The Balaban J connectivity index is 1.40. The zero-order chi connectivity index (χ0) is 24.5. The van der Waals surface area contributed by atoms with Gasteiger partial charge in [0.2, 0.25) is 15.9 Å². The lowest BCUT2D eigenvalue weighted by atomic mass is 9.95. The highest BCUT2D eigenvalue weighted by atomic mass is 32.2. The Hall–Kier alpha value is -2.66. The van der Waals surface area contributed by atoms with Crippen molar-refractivity contribution in [2.24, 2.45) is 5.92 Å². The first-order valence-electron chi connectivity index (χ1n) is 11.2. The molecule has 4 rings (SSSR count). The maximum atomic E-state index is 13.4. The number of piperazine rings is 1. The molecule has 0 bridgehead atoms. The zero-order valence-corrected chi connectivity index (χ0v) is 19.6. The minimum atomic E-state index is -4.53. The molecule has 0 radical (unpaired) electrons. The number of halogens is 3. The Labute approximate surface area is 197 Å². The van der Waals surface area contributed by atoms with E-state index in [2.05, 4.69) is 4.98 Å². The second-order valence-corrected chi connectivity index (χ2v) is 10.6. The van der Waals surface area contributed by atoms with Gasteiger partial charge in [-0.05, 0) is 44.0 Å². The van der Waals surface area contributed by atoms with E-state index in [0.29, 0.717) is 19.4 Å². The summed E-state index contributed by atoms with van der Waals surface area (Å²) >= 11 is 0. The number of nitrogens with zero attached hydrogens (tertiary/aromatic N) is 4. The fraction of sp³-hybridized carbons (Fsp3) is 0.478. The number of hydrogen-bond donors (Lipinski definition) is 0. The van der Waals surface area contributed by atoms with Crippen LogP contribution in [0.5, 0.6) is 0 Å². The van der Waals surface area contributed by atoms with Gasteiger partial charge in [0, 0.05) is 45.5 Å². The minimum Gasteiger partial charge on any atom is -0.355 e. The van der Waals surface area contributed by atoms with E-state index >= 15 is 0 Å². The van der Waals surface area contributed by atoms with Gasteiger partial charge in [-0.3, -0.25) is 4.79 Å². The van der Waals surface area contributed by atoms with Crippen LogP contribution in [0.2, 0.25) is 0 Å². The lowest BCUT2D eigenvalue weighted by Gasteiger charge is -2.39. The molecular weight excluding hydrogens is 469 g/mol. The molecule has 2 fully saturated rings. The van der Waals surface area contributed by atoms with Gasteiger partial charge in [-0.2, -0.15) is 17.5 Å². The first kappa shape index (κ1) is 24.5. The van der Waals surface area contributed by atoms with Crippen molar-refractivity contribution in [1.29, 1.82) is 0 Å². The molecule has 3 heterocycles. The van der Waals surface area contributed by atoms with E-state index in [9.17, 15) is 26.4 Å². The van der Waals surface area contributed by atoms with E-state index < -0.39 is 27.7 Å². The Morgan fingerprint density at radius 2 is 1.71 bits per heavy atom. The van der Waals surface area contributed by atoms with Crippen molar-refractivity contribution in [3.05, 3.63) is 53.7 Å². The van der Waals surface area contributed by atoms with E-state index in [1.165, 1.54) is 21.5 Å². The summed E-state index contributed by atoms with van der Waals surface area (Å²) in [5.74, 6) is -0.764. The van der Waals surface area contributed by atoms with Gasteiger partial charge in [0.1, 0.15) is 5.82 Å². The van der Waals surface area contributed by atoms with Gasteiger partial charge in [-0.1, -0.05) is 17.7 Å². The number of alkyl halides is 3. The largest absolute Gasteiger partial charge is 0.419 e. The number of carbonyl (C=O) groups excluding carboxylic acids is 1. The smallest absolute Gasteiger partial charge is 0.355 e. The molecule has 2 saturated heterocycles. The number of aromatic nitrogens is 1. The molecule has 11 heteroatoms. The van der Waals surface area contributed by atoms with Crippen molar-refractivity contribution in [1.82, 2.24) is 14.2 Å². The summed E-state index contributed by atoms with van der Waals surface area (Å²) in [5.41, 5.74) is 0.155. The van der Waals surface area contributed by atoms with Crippen molar-refractivity contribution in [2.75, 3.05) is 44.2 Å². The second-order valence-electron chi connectivity index (χ2n) is 8.70. The fourth-order valence-corrected chi connectivity index (χ4v) is 5.93. The molecule has 1 amide bonds. The van der Waals surface area contributed by atoms with Crippen LogP contribution in [-0.2, 0) is 21.0 Å². The third kappa shape index (κ3) is 5.05. The van der Waals surface area contributed by atoms with Crippen molar-refractivity contribution >= 4 is 21.7 Å². The van der Waals surface area contributed by atoms with E-state index in [4.69, 9.17) is 0 Å². The average molecular weight is 497 g/mol. The number of amides is 1. The summed E-state index contributed by atoms with van der Waals surface area (Å²) in [6, 6.07) is 8.89. The SMILES string of the molecule is Cc1ccc(S(=O)(=O)N2CCN(C(=O)C3CCCN(c4ncccc4C(F)(F)F)C3)CC2)cc1. The molecule has 0 aliphatic carbocycles. The number of aryl methyl sites for hydroxylation is 1. The number of benzene rings is 1. The summed E-state index contributed by atoms with van der Waals surface area (Å²) in [7, 11) is -3.64. The van der Waals surface area contributed by atoms with Crippen LogP contribution in [0.3, 0.4) is 0 Å². The zero-order valence-electron chi connectivity index (χ0n) is 18.8. The van der Waals surface area contributed by atoms with Crippen LogP contribution >= 0.6 is 0 Å². The molecule has 1 aromatic carbocycles. The van der Waals surface area contributed by atoms with Crippen LogP contribution in [0.1, 0.15) is 24.0 Å². The molecule has 2 aliphatic rings. The standard InChI is InChI=1S/C23H27F3N4O3S/c1-17-6-8-19(9-7-17)34(32,33)30-14-12-28(13-15-30)22(31)18-4-3-11-29(16-18)21-20(23(24,25)26)5-2-10-27-21/h2,5-10,18H,3-4,11-16H2,1H3. The summed E-state index contributed by atoms with van der Waals surface area (Å²) in [4.78, 5) is 20.5. The average Bonchev–Trinajstić information content (AvgIpc) is 2.83. The Bertz CT molecular complexity index is 1130. The number of pyridine rings is 1. The summed E-state index contributed by atoms with van der Waals surface area (Å²) in [6.45, 7) is 3.28. The molecule has 1 unspecified atom stereocenters. The van der Waals surface area contributed by atoms with E-state index in [1.807, 2.05) is 6.92 Å². The summed E-state index contributed by atoms with van der Waals surface area (Å²) < 4.78 is 67.5. The number of anilines is 1. The third-order valence-corrected chi connectivity index (χ3v) is 8.28. The van der Waals surface area contributed by atoms with Crippen molar-refractivity contribution < 1.29 is 26.4 Å². The minimum absolute atomic E-state index is 0.151. The van der Waals surface area contributed by atoms with Gasteiger partial charge in [-0.15, -0.1) is 0 Å². The van der Waals surface area contributed by atoms with E-state index in [0.717, 1.165) is 11.6 Å². The Morgan fingerprint density at radius 3 is 2.35 bits per heavy atom. The maximum absolute atomic E-state index is 13.4. The second kappa shape index (κ2) is 9.53. The first-order valence-corrected chi connectivity index (χ1v) is 12.6. The topological polar surface area (TPSA) is 73.8 Å². The molecule has 1 atom stereocenters. The molecule has 0 saturated carbocycles. The molecule has 2 aromatic rings. The summed E-state index contributed by atoms with van der Waals surface area (Å²) in [6.07, 6.45) is -2.05. The van der Waals surface area contributed by atoms with Crippen LogP contribution in [0.4, 0.5) is 19.0 Å². The van der Waals surface area contributed by atoms with Crippen molar-refractivity contribution in [3.63, 3.8) is 0 Å². The number of carbonyl (C=O) groups is 1. The maximum Gasteiger partial charge on any atom is 0.419 e. The quantitative estimate of drug-likeness (QED) is 0.650. The van der Waals surface area contributed by atoms with Crippen LogP contribution in [0.15, 0.2) is 47.5 Å². The molecule has 0 N–H and O–H groups in total. The summed E-state index contributed by atoms with van der Waals surface area (Å²) in [5, 5.41) is 0. The van der Waals surface area contributed by atoms with Gasteiger partial charge in [-0.25, -0.2) is 13.4 Å². The number of sulfonamides is 1. The monoisotopic (exact) mass is 496 g/mol. The van der Waals surface area contributed by atoms with Gasteiger partial charge < -0.3 is 9.80 Å². The molecule has 184 valence electrons. The van der Waals surface area contributed by atoms with Gasteiger partial charge in [0.05, 0.1) is 16.4 Å². The third-order valence-electron chi connectivity index (χ3n) is 6.37. The van der Waals surface area contributed by atoms with Crippen LogP contribution in [0, 0.1) is 12.8 Å². The Morgan fingerprint density at radius 1 is 1.03 bits per heavy atom. The highest BCUT2D eigenvalue weighted by molar-refractivity contribution is 7.89. The normalized spacial score (nSPS) is 20.4. The van der Waals surface area contributed by atoms with Gasteiger partial charge in [0.25, 0.3) is 0 Å². The highest BCUT2D eigenvalue weighted by Gasteiger charge is 2.38. The van der Waals surface area contributed by atoms with Crippen LogP contribution in [0.25, 0.3) is 0 Å². The molecule has 2 aliphatic heterocycles. The predicted octanol–water partition coefficient (Wildman–Crippen LogP) is 3.16. The molecule has 34 heavy (non-hydrogen) atoms. The van der Waals surface area contributed by atoms with Crippen molar-refractivity contribution in [2.45, 2.75) is 30.8 Å². The molecule has 0 spiro atoms. The molecule has 1 aromatic heterocycles. The van der Waals surface area contributed by atoms with Gasteiger partial charge >= 0.3 is 6.18 Å². The number of hydrogen-bond acceptors (Lipinski definition) is 5. The van der Waals surface area contributed by atoms with Gasteiger partial charge in [0.15, 0.2) is 0 Å². The lowest BCUT2D eigenvalue weighted by Crippen LogP contribution is -2.53. The highest BCUT2D eigenvalue weighted by Crippen LogP contribution is 2.36. The van der Waals surface area contributed by atoms with Crippen LogP contribution in [-0.4, -0.2) is 67.8 Å². The number of piperidine rings is 1. The van der Waals surface area contributed by atoms with E-state index in [1.54, 1.807) is 29.2 Å². The Kier molecular flexibility index (Phi) is 6.86.